The van der Waals surface area contributed by atoms with E-state index in [1.807, 2.05) is 0 Å². The molecule has 0 aliphatic heterocycles. The van der Waals surface area contributed by atoms with Gasteiger partial charge in [0.15, 0.2) is 6.79 Å². The summed E-state index contributed by atoms with van der Waals surface area (Å²) in [5.74, 6) is 0. The first kappa shape index (κ1) is 3.92. The third-order valence-corrected chi connectivity index (χ3v) is 0.0833. The summed E-state index contributed by atoms with van der Waals surface area (Å²) in [6.45, 7) is -0.542. The molecule has 0 N–H and O–H groups in total. The van der Waals surface area contributed by atoms with Crippen molar-refractivity contribution in [2.75, 3.05) is 6.79 Å². The molecule has 24 valence electrons. The van der Waals surface area contributed by atoms with Crippen LogP contribution in [0.1, 0.15) is 0 Å². The molecule has 0 rings (SSSR count). The zero-order valence-electron chi connectivity index (χ0n) is 2.23. The van der Waals surface area contributed by atoms with E-state index in [0.29, 0.717) is 0 Å². The summed E-state index contributed by atoms with van der Waals surface area (Å²) < 4.78 is 3.74. The first-order valence-electron chi connectivity index (χ1n) is 0.866. The van der Waals surface area contributed by atoms with Gasteiger partial charge in [0, 0.05) is 0 Å². The van der Waals surface area contributed by atoms with Gasteiger partial charge in [-0.3, -0.25) is 0 Å². The lowest BCUT2D eigenvalue weighted by atomic mass is 11.4. The van der Waals surface area contributed by atoms with Crippen LogP contribution < -0.4 is 0 Å². The monoisotopic (exact) mass is 60.0 g/mol. The fraction of sp³-hybridized carbons (Fsp3) is 0.500. The van der Waals surface area contributed by atoms with Crippen molar-refractivity contribution in [1.82, 2.24) is 0 Å². The van der Waals surface area contributed by atoms with Gasteiger partial charge in [0.2, 0.25) is 0 Å². The van der Waals surface area contributed by atoms with Gasteiger partial charge in [-0.1, -0.05) is 0 Å². The second-order valence-electron chi connectivity index (χ2n) is 0.322. The molecule has 0 saturated carbocycles. The minimum atomic E-state index is -0.542. The second kappa shape index (κ2) is 2.92. The lowest BCUT2D eigenvalue weighted by Gasteiger charge is -1.72. The smallest absolute Gasteiger partial charge is 0.180 e. The molecule has 0 unspecified atom stereocenters. The molecule has 0 spiro atoms. The minimum absolute atomic E-state index is 0.542. The lowest BCUT2D eigenvalue weighted by Crippen LogP contribution is -1.73. The Balaban J connectivity index is 1.97. The average Bonchev–Trinajstić information content (AvgIpc) is 1.37. The van der Waals surface area contributed by atoms with Crippen molar-refractivity contribution in [3.8, 4) is 0 Å². The topological polar surface area (TPSA) is 29.1 Å². The molecule has 0 aliphatic carbocycles. The molecule has 2 heteroatoms. The van der Waals surface area contributed by atoms with Gasteiger partial charge >= 0.3 is 0 Å². The number of hydrogen-bond acceptors (Lipinski definition) is 1. The summed E-state index contributed by atoms with van der Waals surface area (Å²) in [6.07, 6.45) is 0. The normalized spacial score (nSPS) is 7.50. The van der Waals surface area contributed by atoms with E-state index in [2.05, 4.69) is 11.8 Å². The van der Waals surface area contributed by atoms with Gasteiger partial charge in [0.05, 0.1) is 7.11 Å². The molecule has 0 heterocycles. The van der Waals surface area contributed by atoms with Gasteiger partial charge in [-0.25, -0.2) is 5.11 Å². The third-order valence-electron chi connectivity index (χ3n) is 0.0833. The van der Waals surface area contributed by atoms with Crippen LogP contribution in [-0.2, 0) is 9.84 Å². The van der Waals surface area contributed by atoms with Crippen LogP contribution in [0, 0.1) is 7.11 Å². The van der Waals surface area contributed by atoms with Crippen LogP contribution in [0.5, 0.6) is 0 Å². The van der Waals surface area contributed by atoms with E-state index in [0.717, 1.165) is 0 Å². The van der Waals surface area contributed by atoms with Crippen molar-refractivity contribution in [3.63, 3.8) is 0 Å². The first-order valence-corrected chi connectivity index (χ1v) is 0.866. The molecule has 2 nitrogen and oxygen atoms in total. The van der Waals surface area contributed by atoms with E-state index in [4.69, 9.17) is 5.11 Å². The van der Waals surface area contributed by atoms with Gasteiger partial charge in [-0.2, -0.15) is 0 Å². The highest BCUT2D eigenvalue weighted by atomic mass is 16.6. The summed E-state index contributed by atoms with van der Waals surface area (Å²) in [4.78, 5) is 0. The Kier molecular flexibility index (Phi) is 2.86. The highest BCUT2D eigenvalue weighted by Gasteiger charge is 1.56. The van der Waals surface area contributed by atoms with Crippen LogP contribution in [0.3, 0.4) is 0 Å². The van der Waals surface area contributed by atoms with Gasteiger partial charge < -0.3 is 4.74 Å². The van der Waals surface area contributed by atoms with Crippen LogP contribution in [0.15, 0.2) is 0 Å². The van der Waals surface area contributed by atoms with Gasteiger partial charge in [-0.15, -0.1) is 0 Å². The number of hydrogen-bond donors (Lipinski definition) is 0. The molecule has 0 fully saturated rings. The minimum Gasteiger partial charge on any atom is -0.350 e. The number of ether oxygens (including phenoxy) is 1. The highest BCUT2D eigenvalue weighted by Crippen LogP contribution is 1.52. The van der Waals surface area contributed by atoms with E-state index in [1.165, 1.54) is 0 Å². The molecule has 0 saturated heterocycles. The Bertz CT molecular complexity index is 6.00. The summed E-state index contributed by atoms with van der Waals surface area (Å²) in [5, 5.41) is 9.01. The largest absolute Gasteiger partial charge is 0.350 e. The van der Waals surface area contributed by atoms with Crippen LogP contribution in [0.2, 0.25) is 0 Å². The Labute approximate surface area is 25.0 Å². The van der Waals surface area contributed by atoms with Gasteiger partial charge in [-0.05, 0) is 0 Å². The van der Waals surface area contributed by atoms with Crippen molar-refractivity contribution < 1.29 is 9.84 Å². The molecular weight excluding hydrogens is 56.0 g/mol. The van der Waals surface area contributed by atoms with Crippen LogP contribution in [0.4, 0.5) is 0 Å². The van der Waals surface area contributed by atoms with Crippen LogP contribution in [-0.4, -0.2) is 6.79 Å². The Morgan fingerprint density at radius 3 is 2.25 bits per heavy atom. The van der Waals surface area contributed by atoms with E-state index in [-0.39, 0.29) is 0 Å². The zero-order chi connectivity index (χ0) is 3.41. The number of rotatable bonds is 1. The molecule has 0 amide bonds. The first-order chi connectivity index (χ1) is 1.91. The standard InChI is InChI=1S/C2H4O2/c1-4-2-3/h1-2H2. The van der Waals surface area contributed by atoms with E-state index < -0.39 is 6.79 Å². The van der Waals surface area contributed by atoms with Crippen LogP contribution in [0.25, 0.3) is 0 Å². The maximum absolute atomic E-state index is 9.01. The quantitative estimate of drug-likeness (QED) is 0.397. The van der Waals surface area contributed by atoms with E-state index in [1.54, 1.807) is 0 Å². The predicted molar refractivity (Wildman–Crippen MR) is 12.0 cm³/mol. The molecule has 0 aromatic heterocycles. The average molecular weight is 60.1 g/mol. The van der Waals surface area contributed by atoms with Gasteiger partial charge in [0.25, 0.3) is 0 Å². The molecule has 0 aromatic carbocycles. The lowest BCUT2D eigenvalue weighted by molar-refractivity contribution is 0.00245. The Morgan fingerprint density at radius 1 is 2.00 bits per heavy atom. The van der Waals surface area contributed by atoms with Crippen molar-refractivity contribution >= 4 is 0 Å². The maximum atomic E-state index is 9.01. The maximum Gasteiger partial charge on any atom is 0.180 e. The van der Waals surface area contributed by atoms with Crippen molar-refractivity contribution in [2.45, 2.75) is 0 Å². The Hall–Kier alpha value is -0.0800. The zero-order valence-corrected chi connectivity index (χ0v) is 2.23. The SMILES string of the molecule is [CH2]OC[O]. The van der Waals surface area contributed by atoms with Gasteiger partial charge in [0.1, 0.15) is 0 Å². The second-order valence-corrected chi connectivity index (χ2v) is 0.322. The third kappa shape index (κ3) is 1.92. The predicted octanol–water partition coefficient (Wildman–Crippen LogP) is 0.183. The summed E-state index contributed by atoms with van der Waals surface area (Å²) in [7, 11) is 2.79. The summed E-state index contributed by atoms with van der Waals surface area (Å²) in [5.41, 5.74) is 0. The molecule has 0 atom stereocenters. The molecule has 0 aliphatic rings. The van der Waals surface area contributed by atoms with E-state index in [9.17, 15) is 0 Å². The van der Waals surface area contributed by atoms with Crippen molar-refractivity contribution in [3.05, 3.63) is 7.11 Å². The van der Waals surface area contributed by atoms with Crippen LogP contribution >= 0.6 is 0 Å². The fourth-order valence-electron chi connectivity index (χ4n) is 0. The van der Waals surface area contributed by atoms with Crippen molar-refractivity contribution in [2.24, 2.45) is 0 Å². The fourth-order valence-corrected chi connectivity index (χ4v) is 0. The summed E-state index contributed by atoms with van der Waals surface area (Å²) in [6, 6.07) is 0. The molecular formula is C2H4O2. The molecule has 4 heavy (non-hydrogen) atoms. The molecule has 0 aromatic rings. The molecule has 0 bridgehead atoms. The summed E-state index contributed by atoms with van der Waals surface area (Å²) >= 11 is 0. The van der Waals surface area contributed by atoms with Crippen molar-refractivity contribution in [1.29, 1.82) is 0 Å². The Morgan fingerprint density at radius 2 is 2.25 bits per heavy atom. The van der Waals surface area contributed by atoms with E-state index >= 15 is 0 Å². The highest BCUT2D eigenvalue weighted by molar-refractivity contribution is 3.88. The molecule has 2 radical (unpaired) electrons.